The first-order valence-corrected chi connectivity index (χ1v) is 5.42. The minimum absolute atomic E-state index is 0.195. The molecule has 1 atom stereocenters. The van der Waals surface area contributed by atoms with E-state index in [0.717, 1.165) is 0 Å². The molecule has 16 heavy (non-hydrogen) atoms. The highest BCUT2D eigenvalue weighted by Gasteiger charge is 2.15. The molecule has 0 saturated heterocycles. The maximum atomic E-state index is 11.5. The summed E-state index contributed by atoms with van der Waals surface area (Å²) in [4.78, 5) is 15.4. The molecule has 0 spiro atoms. The van der Waals surface area contributed by atoms with Crippen molar-refractivity contribution in [3.63, 3.8) is 0 Å². The topological polar surface area (TPSA) is 51.2 Å². The summed E-state index contributed by atoms with van der Waals surface area (Å²) >= 11 is 3.23. The van der Waals surface area contributed by atoms with Gasteiger partial charge in [-0.15, -0.1) is 6.42 Å². The van der Waals surface area contributed by atoms with Crippen molar-refractivity contribution in [3.05, 3.63) is 22.9 Å². The molecule has 0 aliphatic rings. The molecular formula is C11H11BrN2O2. The number of carbonyl (C=O) groups is 1. The largest absolute Gasteiger partial charge is 0.478 e. The smallest absolute Gasteiger partial charge is 0.261 e. The fourth-order valence-electron chi connectivity index (χ4n) is 0.985. The second-order valence-corrected chi connectivity index (χ2v) is 3.73. The fourth-order valence-corrected chi connectivity index (χ4v) is 1.33. The van der Waals surface area contributed by atoms with Crippen molar-refractivity contribution in [2.24, 2.45) is 0 Å². The first-order valence-electron chi connectivity index (χ1n) is 4.63. The van der Waals surface area contributed by atoms with Crippen LogP contribution in [0.2, 0.25) is 0 Å². The third kappa shape index (κ3) is 3.55. The number of hydrogen-bond acceptors (Lipinski definition) is 3. The van der Waals surface area contributed by atoms with Gasteiger partial charge < -0.3 is 10.1 Å². The number of ether oxygens (including phenoxy) is 1. The Morgan fingerprint density at radius 2 is 2.56 bits per heavy atom. The van der Waals surface area contributed by atoms with E-state index in [2.05, 4.69) is 32.2 Å². The molecule has 0 saturated carbocycles. The van der Waals surface area contributed by atoms with Gasteiger partial charge in [0, 0.05) is 6.20 Å². The Hall–Kier alpha value is -1.54. The zero-order valence-corrected chi connectivity index (χ0v) is 10.3. The van der Waals surface area contributed by atoms with Crippen LogP contribution in [0.25, 0.3) is 0 Å². The molecule has 0 aromatic carbocycles. The minimum Gasteiger partial charge on any atom is -0.478 e. The maximum Gasteiger partial charge on any atom is 0.261 e. The van der Waals surface area contributed by atoms with E-state index in [1.807, 2.05) is 0 Å². The number of hydrogen-bond donors (Lipinski definition) is 1. The van der Waals surface area contributed by atoms with Crippen molar-refractivity contribution in [2.45, 2.75) is 13.0 Å². The van der Waals surface area contributed by atoms with Gasteiger partial charge in [-0.1, -0.05) is 5.92 Å². The number of nitrogens with zero attached hydrogens (tertiary/aromatic N) is 1. The van der Waals surface area contributed by atoms with E-state index in [-0.39, 0.29) is 12.5 Å². The predicted molar refractivity (Wildman–Crippen MR) is 63.9 cm³/mol. The van der Waals surface area contributed by atoms with Gasteiger partial charge in [0.15, 0.2) is 11.9 Å². The van der Waals surface area contributed by atoms with Crippen molar-refractivity contribution < 1.29 is 9.53 Å². The number of aromatic nitrogens is 1. The number of amides is 1. The Bertz CT molecular complexity index is 415. The zero-order chi connectivity index (χ0) is 12.0. The van der Waals surface area contributed by atoms with E-state index in [1.54, 1.807) is 25.3 Å². The Kier molecular flexibility index (Phi) is 4.80. The van der Waals surface area contributed by atoms with E-state index in [1.165, 1.54) is 0 Å². The lowest BCUT2D eigenvalue weighted by molar-refractivity contribution is -0.127. The summed E-state index contributed by atoms with van der Waals surface area (Å²) in [6, 6.07) is 3.45. The number of rotatable bonds is 4. The highest BCUT2D eigenvalue weighted by molar-refractivity contribution is 9.10. The predicted octanol–water partition coefficient (Wildman–Crippen LogP) is 1.36. The van der Waals surface area contributed by atoms with Gasteiger partial charge in [0.25, 0.3) is 5.91 Å². The van der Waals surface area contributed by atoms with Gasteiger partial charge >= 0.3 is 0 Å². The Balaban J connectivity index is 2.58. The summed E-state index contributed by atoms with van der Waals surface area (Å²) in [7, 11) is 0. The van der Waals surface area contributed by atoms with Gasteiger partial charge in [-0.3, -0.25) is 4.79 Å². The van der Waals surface area contributed by atoms with Crippen LogP contribution >= 0.6 is 15.9 Å². The Morgan fingerprint density at radius 1 is 1.81 bits per heavy atom. The molecule has 1 aromatic heterocycles. The molecule has 0 radical (unpaired) electrons. The second kappa shape index (κ2) is 6.13. The molecule has 1 amide bonds. The van der Waals surface area contributed by atoms with Crippen LogP contribution in [0.1, 0.15) is 6.92 Å². The van der Waals surface area contributed by atoms with E-state index in [4.69, 9.17) is 11.2 Å². The van der Waals surface area contributed by atoms with Crippen LogP contribution in [-0.4, -0.2) is 23.5 Å². The van der Waals surface area contributed by atoms with Crippen molar-refractivity contribution in [1.82, 2.24) is 10.3 Å². The summed E-state index contributed by atoms with van der Waals surface area (Å²) in [5.74, 6) is 2.58. The first kappa shape index (κ1) is 12.5. The molecule has 0 fully saturated rings. The van der Waals surface area contributed by atoms with Crippen LogP contribution in [0, 0.1) is 12.3 Å². The number of pyridine rings is 1. The quantitative estimate of drug-likeness (QED) is 0.670. The number of carbonyl (C=O) groups excluding carboxylic acids is 1. The van der Waals surface area contributed by atoms with Gasteiger partial charge in [0.05, 0.1) is 6.54 Å². The lowest BCUT2D eigenvalue weighted by Crippen LogP contribution is -2.36. The summed E-state index contributed by atoms with van der Waals surface area (Å²) in [5.41, 5.74) is 0. The highest BCUT2D eigenvalue weighted by atomic mass is 79.9. The molecule has 0 bridgehead atoms. The molecule has 1 N–H and O–H groups in total. The molecule has 0 aliphatic carbocycles. The van der Waals surface area contributed by atoms with Crippen LogP contribution in [-0.2, 0) is 4.79 Å². The molecule has 5 heteroatoms. The molecule has 4 nitrogen and oxygen atoms in total. The van der Waals surface area contributed by atoms with E-state index < -0.39 is 6.10 Å². The maximum absolute atomic E-state index is 11.5. The van der Waals surface area contributed by atoms with Crippen LogP contribution in [0.15, 0.2) is 22.9 Å². The van der Waals surface area contributed by atoms with Crippen molar-refractivity contribution in [3.8, 4) is 18.1 Å². The normalized spacial score (nSPS) is 11.3. The SMILES string of the molecule is C#CCNC(=O)C(C)Oc1cccnc1Br. The Labute approximate surface area is 103 Å². The van der Waals surface area contributed by atoms with Gasteiger partial charge in [-0.25, -0.2) is 4.98 Å². The molecule has 1 unspecified atom stereocenters. The van der Waals surface area contributed by atoms with Crippen LogP contribution in [0.3, 0.4) is 0 Å². The molecule has 0 aliphatic heterocycles. The molecular weight excluding hydrogens is 272 g/mol. The number of halogens is 1. The number of nitrogens with one attached hydrogen (secondary N) is 1. The van der Waals surface area contributed by atoms with Gasteiger partial charge in [0.2, 0.25) is 0 Å². The average molecular weight is 283 g/mol. The lowest BCUT2D eigenvalue weighted by atomic mass is 10.3. The third-order valence-electron chi connectivity index (χ3n) is 1.76. The van der Waals surface area contributed by atoms with Gasteiger partial charge in [-0.2, -0.15) is 0 Å². The van der Waals surface area contributed by atoms with Crippen molar-refractivity contribution >= 4 is 21.8 Å². The minimum atomic E-state index is -0.617. The monoisotopic (exact) mass is 282 g/mol. The summed E-state index contributed by atoms with van der Waals surface area (Å²) in [6.45, 7) is 1.84. The van der Waals surface area contributed by atoms with Gasteiger partial charge in [0.1, 0.15) is 4.60 Å². The van der Waals surface area contributed by atoms with Crippen molar-refractivity contribution in [1.29, 1.82) is 0 Å². The molecule has 84 valence electrons. The Morgan fingerprint density at radius 3 is 3.19 bits per heavy atom. The lowest BCUT2D eigenvalue weighted by Gasteiger charge is -2.14. The second-order valence-electron chi connectivity index (χ2n) is 2.97. The van der Waals surface area contributed by atoms with Crippen LogP contribution in [0.4, 0.5) is 0 Å². The van der Waals surface area contributed by atoms with Crippen LogP contribution in [0.5, 0.6) is 5.75 Å². The highest BCUT2D eigenvalue weighted by Crippen LogP contribution is 2.22. The molecule has 1 aromatic rings. The fraction of sp³-hybridized carbons (Fsp3) is 0.273. The van der Waals surface area contributed by atoms with Gasteiger partial charge in [-0.05, 0) is 35.0 Å². The summed E-state index contributed by atoms with van der Waals surface area (Å²) in [5, 5.41) is 2.54. The summed E-state index contributed by atoms with van der Waals surface area (Å²) < 4.78 is 5.98. The third-order valence-corrected chi connectivity index (χ3v) is 2.36. The van der Waals surface area contributed by atoms with E-state index in [9.17, 15) is 4.79 Å². The first-order chi connectivity index (χ1) is 7.65. The number of terminal acetylenes is 1. The average Bonchev–Trinajstić information content (AvgIpc) is 2.28. The van der Waals surface area contributed by atoms with Crippen LogP contribution < -0.4 is 10.1 Å². The summed E-state index contributed by atoms with van der Waals surface area (Å²) in [6.07, 6.45) is 6.04. The van der Waals surface area contributed by atoms with E-state index in [0.29, 0.717) is 10.4 Å². The standard InChI is InChI=1S/C11H11BrN2O2/c1-3-6-14-11(15)8(2)16-9-5-4-7-13-10(9)12/h1,4-5,7-8H,6H2,2H3,(H,14,15). The zero-order valence-electron chi connectivity index (χ0n) is 8.74. The van der Waals surface area contributed by atoms with E-state index >= 15 is 0 Å². The van der Waals surface area contributed by atoms with Crippen molar-refractivity contribution in [2.75, 3.05) is 6.54 Å². The molecule has 1 rings (SSSR count). The molecule has 1 heterocycles.